The Morgan fingerprint density at radius 1 is 0.515 bits per heavy atom. The van der Waals surface area contributed by atoms with Gasteiger partial charge in [-0.15, -0.1) is 0 Å². The number of rotatable bonds is 53. The fourth-order valence-corrected chi connectivity index (χ4v) is 9.18. The summed E-state index contributed by atoms with van der Waals surface area (Å²) in [7, 11) is 1.25. The van der Waals surface area contributed by atoms with Crippen LogP contribution in [0.15, 0.2) is 48.6 Å². The lowest BCUT2D eigenvalue weighted by Gasteiger charge is -2.29. The minimum absolute atomic E-state index is 0.00469. The standard InChI is InChI=1S/C59H113N2O6P/c1-6-8-10-12-14-16-18-20-22-24-26-28-29-30-31-33-34-36-38-40-42-44-46-48-50-52-58(62)57(56-67-68(64,65)66-55-54-61(3,4)5)60-59(63)53-51-49-47-45-43-41-39-37-35-32-27-25-23-21-19-17-15-13-11-9-7-2/h19,21,25,27,35,37,50,52,57-58,62H,6-18,20,22-24,26,28-34,36,38-49,51,53-56H2,1-5H3,(H-,60,63,64,65)/b21-19-,27-25-,37-35-,52-50+. The summed E-state index contributed by atoms with van der Waals surface area (Å²) in [6.07, 6.45) is 66.1. The van der Waals surface area contributed by atoms with E-state index in [-0.39, 0.29) is 19.1 Å². The highest BCUT2D eigenvalue weighted by Crippen LogP contribution is 2.38. The van der Waals surface area contributed by atoms with Crippen LogP contribution in [0.2, 0.25) is 0 Å². The second-order valence-corrected chi connectivity index (χ2v) is 22.4. The topological polar surface area (TPSA) is 108 Å². The van der Waals surface area contributed by atoms with Crippen molar-refractivity contribution < 1.29 is 32.9 Å². The minimum atomic E-state index is -4.60. The highest BCUT2D eigenvalue weighted by molar-refractivity contribution is 7.45. The summed E-state index contributed by atoms with van der Waals surface area (Å²) < 4.78 is 23.4. The first kappa shape index (κ1) is 66.5. The predicted molar refractivity (Wildman–Crippen MR) is 293 cm³/mol. The van der Waals surface area contributed by atoms with Gasteiger partial charge in [0, 0.05) is 6.42 Å². The van der Waals surface area contributed by atoms with Crippen molar-refractivity contribution in [3.63, 3.8) is 0 Å². The number of carbonyl (C=O) groups is 1. The Labute approximate surface area is 422 Å². The van der Waals surface area contributed by atoms with Gasteiger partial charge in [-0.3, -0.25) is 9.36 Å². The van der Waals surface area contributed by atoms with Crippen molar-refractivity contribution in [1.29, 1.82) is 0 Å². The van der Waals surface area contributed by atoms with Crippen molar-refractivity contribution in [2.24, 2.45) is 0 Å². The molecule has 0 radical (unpaired) electrons. The molecule has 8 nitrogen and oxygen atoms in total. The van der Waals surface area contributed by atoms with Gasteiger partial charge < -0.3 is 28.8 Å². The predicted octanol–water partition coefficient (Wildman–Crippen LogP) is 16.9. The number of hydrogen-bond donors (Lipinski definition) is 2. The number of likely N-dealkylation sites (N-methyl/N-ethyl adjacent to an activating group) is 1. The molecule has 0 fully saturated rings. The summed E-state index contributed by atoms with van der Waals surface area (Å²) in [4.78, 5) is 25.5. The molecule has 400 valence electrons. The molecule has 3 unspecified atom stereocenters. The maximum Gasteiger partial charge on any atom is 0.268 e. The average Bonchev–Trinajstić information content (AvgIpc) is 3.30. The maximum atomic E-state index is 13.0. The van der Waals surface area contributed by atoms with E-state index >= 15 is 0 Å². The first-order valence-electron chi connectivity index (χ1n) is 29.0. The fraction of sp³-hybridized carbons (Fsp3) is 0.847. The van der Waals surface area contributed by atoms with E-state index in [0.717, 1.165) is 64.2 Å². The molecule has 3 atom stereocenters. The number of phosphoric acid groups is 1. The molecule has 0 aromatic heterocycles. The molecule has 0 aliphatic rings. The lowest BCUT2D eigenvalue weighted by atomic mass is 10.0. The average molecular weight is 978 g/mol. The summed E-state index contributed by atoms with van der Waals surface area (Å²) in [5.74, 6) is -0.208. The van der Waals surface area contributed by atoms with Gasteiger partial charge in [-0.05, 0) is 57.8 Å². The minimum Gasteiger partial charge on any atom is -0.756 e. The number of amides is 1. The van der Waals surface area contributed by atoms with Gasteiger partial charge in [0.1, 0.15) is 13.2 Å². The van der Waals surface area contributed by atoms with Crippen LogP contribution in [0.25, 0.3) is 0 Å². The number of quaternary nitrogens is 1. The molecule has 0 rings (SSSR count). The van der Waals surface area contributed by atoms with Crippen LogP contribution in [0.5, 0.6) is 0 Å². The van der Waals surface area contributed by atoms with Crippen molar-refractivity contribution in [2.45, 2.75) is 283 Å². The van der Waals surface area contributed by atoms with E-state index < -0.39 is 20.0 Å². The van der Waals surface area contributed by atoms with Crippen LogP contribution in [0.3, 0.4) is 0 Å². The van der Waals surface area contributed by atoms with Gasteiger partial charge in [-0.25, -0.2) is 0 Å². The van der Waals surface area contributed by atoms with Crippen molar-refractivity contribution in [2.75, 3.05) is 40.9 Å². The Morgan fingerprint density at radius 3 is 1.24 bits per heavy atom. The number of nitrogens with one attached hydrogen (secondary N) is 1. The van der Waals surface area contributed by atoms with Crippen LogP contribution in [0.4, 0.5) is 0 Å². The normalized spacial score (nSPS) is 14.3. The third-order valence-corrected chi connectivity index (χ3v) is 14.0. The molecule has 2 N–H and O–H groups in total. The molecule has 0 aromatic rings. The van der Waals surface area contributed by atoms with E-state index in [1.165, 1.54) is 186 Å². The molecule has 0 aromatic carbocycles. The van der Waals surface area contributed by atoms with Crippen LogP contribution in [-0.4, -0.2) is 68.5 Å². The van der Waals surface area contributed by atoms with E-state index in [2.05, 4.69) is 55.6 Å². The Kier molecular flexibility index (Phi) is 49.3. The van der Waals surface area contributed by atoms with Gasteiger partial charge in [0.25, 0.3) is 7.82 Å². The van der Waals surface area contributed by atoms with Gasteiger partial charge in [-0.1, -0.05) is 255 Å². The number of phosphoric ester groups is 1. The van der Waals surface area contributed by atoms with Crippen LogP contribution >= 0.6 is 7.82 Å². The van der Waals surface area contributed by atoms with Gasteiger partial charge in [-0.2, -0.15) is 0 Å². The van der Waals surface area contributed by atoms with Gasteiger partial charge >= 0.3 is 0 Å². The number of nitrogens with zero attached hydrogens (tertiary/aromatic N) is 1. The number of unbranched alkanes of at least 4 members (excludes halogenated alkanes) is 34. The highest BCUT2D eigenvalue weighted by atomic mass is 31.2. The maximum absolute atomic E-state index is 13.0. The summed E-state index contributed by atoms with van der Waals surface area (Å²) >= 11 is 0. The van der Waals surface area contributed by atoms with Crippen LogP contribution in [-0.2, 0) is 18.4 Å². The fourth-order valence-electron chi connectivity index (χ4n) is 8.46. The molecule has 0 spiro atoms. The molecule has 0 heterocycles. The lowest BCUT2D eigenvalue weighted by Crippen LogP contribution is -2.45. The summed E-state index contributed by atoms with van der Waals surface area (Å²) in [5, 5.41) is 13.9. The number of aliphatic hydroxyl groups excluding tert-OH is 1. The van der Waals surface area contributed by atoms with E-state index in [9.17, 15) is 19.4 Å². The SMILES string of the molecule is CCCCCCC/C=C\C/C=C\C/C=C\CCCCCCCCC(=O)NC(COP(=O)([O-])OCC[N+](C)(C)C)C(O)/C=C/CCCCCCCCCCCCCCCCCCCCCCCCC. The van der Waals surface area contributed by atoms with Crippen molar-refractivity contribution in [3.05, 3.63) is 48.6 Å². The lowest BCUT2D eigenvalue weighted by molar-refractivity contribution is -0.870. The van der Waals surface area contributed by atoms with E-state index in [1.807, 2.05) is 27.2 Å². The smallest absolute Gasteiger partial charge is 0.268 e. The Hall–Kier alpha value is -1.54. The second-order valence-electron chi connectivity index (χ2n) is 21.0. The highest BCUT2D eigenvalue weighted by Gasteiger charge is 2.23. The first-order valence-corrected chi connectivity index (χ1v) is 30.5. The number of aliphatic hydroxyl groups is 1. The summed E-state index contributed by atoms with van der Waals surface area (Å²) in [5.41, 5.74) is 0. The van der Waals surface area contributed by atoms with E-state index in [0.29, 0.717) is 17.4 Å². The first-order chi connectivity index (χ1) is 33.0. The van der Waals surface area contributed by atoms with Gasteiger partial charge in [0.15, 0.2) is 0 Å². The number of carbonyl (C=O) groups excluding carboxylic acids is 1. The zero-order valence-corrected chi connectivity index (χ0v) is 46.5. The molecule has 0 saturated carbocycles. The van der Waals surface area contributed by atoms with Crippen molar-refractivity contribution in [1.82, 2.24) is 5.32 Å². The number of allylic oxidation sites excluding steroid dienone is 7. The quantitative estimate of drug-likeness (QED) is 0.0272. The second kappa shape index (κ2) is 50.4. The van der Waals surface area contributed by atoms with Gasteiger partial charge in [0.05, 0.1) is 39.9 Å². The largest absolute Gasteiger partial charge is 0.756 e. The Bertz CT molecular complexity index is 1250. The van der Waals surface area contributed by atoms with Gasteiger partial charge in [0.2, 0.25) is 5.91 Å². The van der Waals surface area contributed by atoms with E-state index in [4.69, 9.17) is 9.05 Å². The van der Waals surface area contributed by atoms with Crippen LogP contribution in [0, 0.1) is 0 Å². The summed E-state index contributed by atoms with van der Waals surface area (Å²) in [6, 6.07) is -0.896. The molecule has 1 amide bonds. The molecular formula is C59H113N2O6P. The molecule has 0 bridgehead atoms. The zero-order chi connectivity index (χ0) is 49.9. The third kappa shape index (κ3) is 52.3. The molecule has 0 aliphatic carbocycles. The van der Waals surface area contributed by atoms with E-state index in [1.54, 1.807) is 6.08 Å². The zero-order valence-electron chi connectivity index (χ0n) is 45.6. The third-order valence-electron chi connectivity index (χ3n) is 13.0. The van der Waals surface area contributed by atoms with Crippen LogP contribution in [0.1, 0.15) is 271 Å². The number of hydrogen-bond acceptors (Lipinski definition) is 6. The molecule has 9 heteroatoms. The Morgan fingerprint density at radius 2 is 0.853 bits per heavy atom. The summed E-state index contributed by atoms with van der Waals surface area (Å²) in [6.45, 7) is 4.65. The molecule has 68 heavy (non-hydrogen) atoms. The van der Waals surface area contributed by atoms with Crippen molar-refractivity contribution in [3.8, 4) is 0 Å². The van der Waals surface area contributed by atoms with Crippen molar-refractivity contribution >= 4 is 13.7 Å². The molecule has 0 aliphatic heterocycles. The Balaban J connectivity index is 4.24. The molecular weight excluding hydrogens is 864 g/mol. The van der Waals surface area contributed by atoms with Crippen LogP contribution < -0.4 is 10.2 Å². The molecule has 0 saturated heterocycles. The monoisotopic (exact) mass is 977 g/mol.